The highest BCUT2D eigenvalue weighted by Crippen LogP contribution is 2.37. The van der Waals surface area contributed by atoms with Gasteiger partial charge in [0.25, 0.3) is 5.91 Å². The highest BCUT2D eigenvalue weighted by Gasteiger charge is 2.32. The number of carbonyl (C=O) groups excluding carboxylic acids is 1. The summed E-state index contributed by atoms with van der Waals surface area (Å²) < 4.78 is 1.69. The molecule has 0 aliphatic heterocycles. The third-order valence-electron chi connectivity index (χ3n) is 4.67. The van der Waals surface area contributed by atoms with E-state index in [0.29, 0.717) is 17.2 Å². The molecular weight excluding hydrogens is 338 g/mol. The number of hydrogen-bond acceptors (Lipinski definition) is 3. The van der Waals surface area contributed by atoms with Crippen LogP contribution in [-0.2, 0) is 7.05 Å². The number of amides is 1. The maximum absolute atomic E-state index is 12.6. The maximum Gasteiger partial charge on any atom is 0.255 e. The average molecular weight is 356 g/mol. The zero-order chi connectivity index (χ0) is 17.4. The van der Waals surface area contributed by atoms with Gasteiger partial charge in [-0.1, -0.05) is 23.7 Å². The molecular formula is C18H18ClN5O. The number of aromatic amines is 1. The minimum atomic E-state index is -0.109. The van der Waals surface area contributed by atoms with Crippen LogP contribution in [0.15, 0.2) is 42.9 Å². The Morgan fingerprint density at radius 3 is 2.92 bits per heavy atom. The average Bonchev–Trinajstić information content (AvgIpc) is 3.18. The van der Waals surface area contributed by atoms with Gasteiger partial charge in [0.15, 0.2) is 0 Å². The number of H-pyrrole nitrogens is 1. The highest BCUT2D eigenvalue weighted by atomic mass is 35.5. The molecule has 1 amide bonds. The van der Waals surface area contributed by atoms with E-state index in [9.17, 15) is 4.79 Å². The highest BCUT2D eigenvalue weighted by molar-refractivity contribution is 6.30. The van der Waals surface area contributed by atoms with Crippen LogP contribution in [0.2, 0.25) is 5.02 Å². The van der Waals surface area contributed by atoms with E-state index in [4.69, 9.17) is 11.6 Å². The van der Waals surface area contributed by atoms with Gasteiger partial charge >= 0.3 is 0 Å². The second kappa shape index (κ2) is 6.37. The third-order valence-corrected chi connectivity index (χ3v) is 4.91. The summed E-state index contributed by atoms with van der Waals surface area (Å²) in [5.41, 5.74) is 3.31. The Kier molecular flexibility index (Phi) is 4.05. The van der Waals surface area contributed by atoms with E-state index in [2.05, 4.69) is 26.7 Å². The molecule has 0 bridgehead atoms. The Bertz CT molecular complexity index is 910. The van der Waals surface area contributed by atoms with Crippen molar-refractivity contribution >= 4 is 17.5 Å². The number of carbonyl (C=O) groups is 1. The summed E-state index contributed by atoms with van der Waals surface area (Å²) in [5.74, 6) is 0.341. The predicted octanol–water partition coefficient (Wildman–Crippen LogP) is 3.14. The molecule has 0 atom stereocenters. The van der Waals surface area contributed by atoms with Crippen molar-refractivity contribution in [2.24, 2.45) is 7.05 Å². The van der Waals surface area contributed by atoms with Crippen LogP contribution in [0.25, 0.3) is 11.3 Å². The Hall–Kier alpha value is -2.60. The summed E-state index contributed by atoms with van der Waals surface area (Å²) in [6.45, 7) is 0. The lowest BCUT2D eigenvalue weighted by molar-refractivity contribution is 0.0909. The quantitative estimate of drug-likeness (QED) is 0.754. The Morgan fingerprint density at radius 1 is 1.36 bits per heavy atom. The minimum absolute atomic E-state index is 0.109. The molecule has 0 unspecified atom stereocenters. The molecule has 0 radical (unpaired) electrons. The first-order chi connectivity index (χ1) is 12.1. The van der Waals surface area contributed by atoms with Crippen LogP contribution in [0.5, 0.6) is 0 Å². The molecule has 25 heavy (non-hydrogen) atoms. The molecule has 7 heteroatoms. The molecule has 128 valence electrons. The number of aryl methyl sites for hydroxylation is 1. The van der Waals surface area contributed by atoms with Crippen molar-refractivity contribution in [1.82, 2.24) is 25.3 Å². The van der Waals surface area contributed by atoms with Crippen LogP contribution in [-0.4, -0.2) is 31.9 Å². The van der Waals surface area contributed by atoms with Gasteiger partial charge in [-0.15, -0.1) is 0 Å². The van der Waals surface area contributed by atoms with Gasteiger partial charge in [0, 0.05) is 29.9 Å². The smallest absolute Gasteiger partial charge is 0.255 e. The third kappa shape index (κ3) is 3.17. The maximum atomic E-state index is 12.6. The first kappa shape index (κ1) is 15.9. The SMILES string of the molecule is Cn1cc(-c2[nH]ncc2C(=O)NC2CC(c3cccc(Cl)c3)C2)cn1. The minimum Gasteiger partial charge on any atom is -0.349 e. The first-order valence-electron chi connectivity index (χ1n) is 8.19. The second-order valence-corrected chi connectivity index (χ2v) is 6.89. The number of aromatic nitrogens is 4. The number of hydrogen-bond donors (Lipinski definition) is 2. The summed E-state index contributed by atoms with van der Waals surface area (Å²) in [6, 6.07) is 8.11. The van der Waals surface area contributed by atoms with Crippen molar-refractivity contribution in [3.8, 4) is 11.3 Å². The van der Waals surface area contributed by atoms with Crippen molar-refractivity contribution in [3.05, 3.63) is 59.0 Å². The molecule has 1 aromatic carbocycles. The van der Waals surface area contributed by atoms with Gasteiger partial charge < -0.3 is 5.32 Å². The number of benzene rings is 1. The molecule has 6 nitrogen and oxygen atoms in total. The fourth-order valence-electron chi connectivity index (χ4n) is 3.26. The van der Waals surface area contributed by atoms with Crippen LogP contribution >= 0.6 is 11.6 Å². The van der Waals surface area contributed by atoms with Crippen LogP contribution in [0.3, 0.4) is 0 Å². The predicted molar refractivity (Wildman–Crippen MR) is 95.5 cm³/mol. The number of nitrogens with zero attached hydrogens (tertiary/aromatic N) is 3. The summed E-state index contributed by atoms with van der Waals surface area (Å²) in [5, 5.41) is 14.9. The van der Waals surface area contributed by atoms with Gasteiger partial charge in [0.1, 0.15) is 0 Å². The van der Waals surface area contributed by atoms with Crippen molar-refractivity contribution in [2.45, 2.75) is 24.8 Å². The van der Waals surface area contributed by atoms with Crippen LogP contribution in [0.1, 0.15) is 34.7 Å². The molecule has 1 aliphatic rings. The fourth-order valence-corrected chi connectivity index (χ4v) is 3.46. The summed E-state index contributed by atoms with van der Waals surface area (Å²) >= 11 is 6.05. The van der Waals surface area contributed by atoms with E-state index in [1.165, 1.54) is 5.56 Å². The van der Waals surface area contributed by atoms with E-state index in [0.717, 1.165) is 23.4 Å². The fraction of sp³-hybridized carbons (Fsp3) is 0.278. The number of rotatable bonds is 4. The summed E-state index contributed by atoms with van der Waals surface area (Å²) in [4.78, 5) is 12.6. The molecule has 2 N–H and O–H groups in total. The molecule has 1 fully saturated rings. The lowest BCUT2D eigenvalue weighted by atomic mass is 9.76. The Labute approximate surface area is 150 Å². The van der Waals surface area contributed by atoms with Crippen molar-refractivity contribution < 1.29 is 4.79 Å². The standard InChI is InChI=1S/C18H18ClN5O/c1-24-10-13(8-21-24)17-16(9-20-23-17)18(25)22-15-6-12(7-15)11-3-2-4-14(19)5-11/h2-5,8-10,12,15H,6-7H2,1H3,(H,20,23)(H,22,25). The Morgan fingerprint density at radius 2 is 2.20 bits per heavy atom. The van der Waals surface area contributed by atoms with Gasteiger partial charge in [-0.05, 0) is 36.5 Å². The Balaban J connectivity index is 1.40. The molecule has 2 aromatic heterocycles. The van der Waals surface area contributed by atoms with Gasteiger partial charge in [-0.2, -0.15) is 10.2 Å². The van der Waals surface area contributed by atoms with Crippen molar-refractivity contribution in [1.29, 1.82) is 0 Å². The van der Waals surface area contributed by atoms with E-state index in [1.54, 1.807) is 17.1 Å². The van der Waals surface area contributed by atoms with Crippen LogP contribution < -0.4 is 5.32 Å². The van der Waals surface area contributed by atoms with Gasteiger partial charge in [0.2, 0.25) is 0 Å². The van der Waals surface area contributed by atoms with E-state index >= 15 is 0 Å². The monoisotopic (exact) mass is 355 g/mol. The number of halogens is 1. The zero-order valence-corrected chi connectivity index (χ0v) is 14.5. The van der Waals surface area contributed by atoms with Crippen LogP contribution in [0, 0.1) is 0 Å². The number of nitrogens with one attached hydrogen (secondary N) is 2. The van der Waals surface area contributed by atoms with E-state index in [-0.39, 0.29) is 11.9 Å². The second-order valence-electron chi connectivity index (χ2n) is 6.46. The molecule has 1 saturated carbocycles. The van der Waals surface area contributed by atoms with E-state index < -0.39 is 0 Å². The van der Waals surface area contributed by atoms with Crippen molar-refractivity contribution in [3.63, 3.8) is 0 Å². The van der Waals surface area contributed by atoms with Gasteiger partial charge in [0.05, 0.1) is 23.7 Å². The van der Waals surface area contributed by atoms with Crippen molar-refractivity contribution in [2.75, 3.05) is 0 Å². The summed E-state index contributed by atoms with van der Waals surface area (Å²) in [7, 11) is 1.84. The zero-order valence-electron chi connectivity index (χ0n) is 13.7. The van der Waals surface area contributed by atoms with E-state index in [1.807, 2.05) is 31.4 Å². The summed E-state index contributed by atoms with van der Waals surface area (Å²) in [6.07, 6.45) is 6.97. The first-order valence-corrected chi connectivity index (χ1v) is 8.56. The molecule has 2 heterocycles. The molecule has 0 saturated heterocycles. The molecule has 4 rings (SSSR count). The van der Waals surface area contributed by atoms with Gasteiger partial charge in [-0.25, -0.2) is 0 Å². The molecule has 3 aromatic rings. The molecule has 0 spiro atoms. The molecule has 1 aliphatic carbocycles. The van der Waals surface area contributed by atoms with Gasteiger partial charge in [-0.3, -0.25) is 14.6 Å². The topological polar surface area (TPSA) is 75.6 Å². The van der Waals surface area contributed by atoms with Crippen LogP contribution in [0.4, 0.5) is 0 Å². The largest absolute Gasteiger partial charge is 0.349 e. The normalized spacial score (nSPS) is 19.4. The lowest BCUT2D eigenvalue weighted by Gasteiger charge is -2.36. The lowest BCUT2D eigenvalue weighted by Crippen LogP contribution is -2.43.